The number of nitrogens with one attached hydrogen (secondary N) is 1. The number of carbonyl (C=O) groups is 1. The Kier molecular flexibility index (Phi) is 4.04. The van der Waals surface area contributed by atoms with E-state index in [2.05, 4.69) is 5.32 Å². The summed E-state index contributed by atoms with van der Waals surface area (Å²) in [5.41, 5.74) is 5.16. The van der Waals surface area contributed by atoms with Crippen molar-refractivity contribution in [1.29, 1.82) is 0 Å². The van der Waals surface area contributed by atoms with E-state index in [1.807, 2.05) is 51.1 Å². The Balaban J connectivity index is 1.79. The maximum atomic E-state index is 12.8. The second-order valence-electron chi connectivity index (χ2n) is 6.84. The number of rotatable bonds is 2. The molecule has 27 heavy (non-hydrogen) atoms. The van der Waals surface area contributed by atoms with Gasteiger partial charge in [0.25, 0.3) is 5.91 Å². The van der Waals surface area contributed by atoms with Crippen molar-refractivity contribution >= 4 is 33.5 Å². The first-order chi connectivity index (χ1) is 12.9. The standard InChI is InChI=1S/C23H19NO3/c1-13-6-4-5-7-17(13)23(26)24-16-8-9-18-21(12-16)27-20-11-15(3)14(2)10-19(20)22(18)25/h4-12H,1-3H3,(H,24,26). The number of benzene rings is 3. The van der Waals surface area contributed by atoms with Gasteiger partial charge >= 0.3 is 0 Å². The van der Waals surface area contributed by atoms with Crippen LogP contribution in [0, 0.1) is 20.8 Å². The smallest absolute Gasteiger partial charge is 0.255 e. The zero-order valence-electron chi connectivity index (χ0n) is 15.4. The fraction of sp³-hybridized carbons (Fsp3) is 0.130. The van der Waals surface area contributed by atoms with Gasteiger partial charge in [-0.15, -0.1) is 0 Å². The first-order valence-corrected chi connectivity index (χ1v) is 8.79. The molecule has 1 N–H and O–H groups in total. The minimum Gasteiger partial charge on any atom is -0.456 e. The topological polar surface area (TPSA) is 59.3 Å². The van der Waals surface area contributed by atoms with Crippen molar-refractivity contribution in [2.75, 3.05) is 5.32 Å². The van der Waals surface area contributed by atoms with Crippen molar-refractivity contribution in [3.05, 3.63) is 87.1 Å². The van der Waals surface area contributed by atoms with Gasteiger partial charge in [0, 0.05) is 17.3 Å². The number of amides is 1. The highest BCUT2D eigenvalue weighted by atomic mass is 16.3. The molecule has 134 valence electrons. The third-order valence-corrected chi connectivity index (χ3v) is 4.93. The summed E-state index contributed by atoms with van der Waals surface area (Å²) < 4.78 is 5.96. The van der Waals surface area contributed by atoms with Crippen molar-refractivity contribution in [2.45, 2.75) is 20.8 Å². The molecule has 4 rings (SSSR count). The molecule has 4 heteroatoms. The van der Waals surface area contributed by atoms with Crippen LogP contribution < -0.4 is 10.7 Å². The SMILES string of the molecule is Cc1cc2oc3cc(NC(=O)c4ccccc4C)ccc3c(=O)c2cc1C. The number of hydrogen-bond donors (Lipinski definition) is 1. The highest BCUT2D eigenvalue weighted by Gasteiger charge is 2.12. The molecule has 4 nitrogen and oxygen atoms in total. The van der Waals surface area contributed by atoms with Gasteiger partial charge in [-0.3, -0.25) is 9.59 Å². The lowest BCUT2D eigenvalue weighted by Gasteiger charge is -2.09. The lowest BCUT2D eigenvalue weighted by molar-refractivity contribution is 0.102. The van der Waals surface area contributed by atoms with E-state index < -0.39 is 0 Å². The van der Waals surface area contributed by atoms with Gasteiger partial charge < -0.3 is 9.73 Å². The Hall–Kier alpha value is -3.40. The summed E-state index contributed by atoms with van der Waals surface area (Å²) in [6.07, 6.45) is 0. The van der Waals surface area contributed by atoms with Crippen LogP contribution in [-0.2, 0) is 0 Å². The number of aryl methyl sites for hydroxylation is 3. The molecule has 0 aliphatic heterocycles. The van der Waals surface area contributed by atoms with E-state index >= 15 is 0 Å². The molecule has 0 bridgehead atoms. The highest BCUT2D eigenvalue weighted by Crippen LogP contribution is 2.24. The molecule has 0 atom stereocenters. The minimum atomic E-state index is -0.193. The van der Waals surface area contributed by atoms with Crippen molar-refractivity contribution < 1.29 is 9.21 Å². The van der Waals surface area contributed by atoms with Crippen molar-refractivity contribution in [3.63, 3.8) is 0 Å². The lowest BCUT2D eigenvalue weighted by Crippen LogP contribution is -2.13. The van der Waals surface area contributed by atoms with Crippen LogP contribution in [0.3, 0.4) is 0 Å². The molecule has 0 unspecified atom stereocenters. The van der Waals surface area contributed by atoms with Gasteiger partial charge in [0.1, 0.15) is 11.2 Å². The zero-order chi connectivity index (χ0) is 19.1. The molecule has 0 spiro atoms. The predicted octanol–water partition coefficient (Wildman–Crippen LogP) is 5.12. The molecule has 1 aromatic heterocycles. The van der Waals surface area contributed by atoms with Crippen LogP contribution in [0.25, 0.3) is 21.9 Å². The van der Waals surface area contributed by atoms with Crippen LogP contribution in [0.15, 0.2) is 63.8 Å². The first kappa shape index (κ1) is 17.0. The number of hydrogen-bond acceptors (Lipinski definition) is 3. The Labute approximate surface area is 156 Å². The van der Waals surface area contributed by atoms with Crippen LogP contribution in [0.5, 0.6) is 0 Å². The summed E-state index contributed by atoms with van der Waals surface area (Å²) in [7, 11) is 0. The van der Waals surface area contributed by atoms with E-state index in [0.717, 1.165) is 16.7 Å². The van der Waals surface area contributed by atoms with E-state index in [0.29, 0.717) is 33.2 Å². The molecule has 1 heterocycles. The van der Waals surface area contributed by atoms with Gasteiger partial charge in [-0.2, -0.15) is 0 Å². The monoisotopic (exact) mass is 357 g/mol. The molecular weight excluding hydrogens is 338 g/mol. The summed E-state index contributed by atoms with van der Waals surface area (Å²) in [6.45, 7) is 5.85. The average Bonchev–Trinajstić information content (AvgIpc) is 2.64. The summed E-state index contributed by atoms with van der Waals surface area (Å²) in [5.74, 6) is -0.193. The zero-order valence-corrected chi connectivity index (χ0v) is 15.4. The molecule has 0 saturated heterocycles. The van der Waals surface area contributed by atoms with Gasteiger partial charge in [-0.05, 0) is 67.8 Å². The Morgan fingerprint density at radius 3 is 2.30 bits per heavy atom. The maximum absolute atomic E-state index is 12.8. The molecule has 3 aromatic carbocycles. The highest BCUT2D eigenvalue weighted by molar-refractivity contribution is 6.06. The van der Waals surface area contributed by atoms with E-state index in [9.17, 15) is 9.59 Å². The normalized spacial score (nSPS) is 11.1. The van der Waals surface area contributed by atoms with E-state index in [1.54, 1.807) is 24.3 Å². The third-order valence-electron chi connectivity index (χ3n) is 4.93. The lowest BCUT2D eigenvalue weighted by atomic mass is 10.0. The minimum absolute atomic E-state index is 0.0638. The van der Waals surface area contributed by atoms with E-state index in [-0.39, 0.29) is 11.3 Å². The number of carbonyl (C=O) groups excluding carboxylic acids is 1. The molecular formula is C23H19NO3. The van der Waals surface area contributed by atoms with Crippen LogP contribution in [0.2, 0.25) is 0 Å². The fourth-order valence-electron chi connectivity index (χ4n) is 3.21. The summed E-state index contributed by atoms with van der Waals surface area (Å²) in [5, 5.41) is 3.95. The fourth-order valence-corrected chi connectivity index (χ4v) is 3.21. The van der Waals surface area contributed by atoms with Gasteiger partial charge in [0.2, 0.25) is 5.43 Å². The quantitative estimate of drug-likeness (QED) is 0.506. The molecule has 4 aromatic rings. The molecule has 0 saturated carbocycles. The summed E-state index contributed by atoms with van der Waals surface area (Å²) in [4.78, 5) is 25.3. The Morgan fingerprint density at radius 2 is 1.52 bits per heavy atom. The largest absolute Gasteiger partial charge is 0.456 e. The second-order valence-corrected chi connectivity index (χ2v) is 6.84. The van der Waals surface area contributed by atoms with Gasteiger partial charge in [0.05, 0.1) is 10.8 Å². The summed E-state index contributed by atoms with van der Waals surface area (Å²) in [6, 6.07) is 16.3. The molecule has 0 aliphatic rings. The maximum Gasteiger partial charge on any atom is 0.255 e. The van der Waals surface area contributed by atoms with Gasteiger partial charge in [0.15, 0.2) is 0 Å². The molecule has 1 amide bonds. The van der Waals surface area contributed by atoms with Crippen LogP contribution in [-0.4, -0.2) is 5.91 Å². The number of anilines is 1. The third kappa shape index (κ3) is 2.99. The van der Waals surface area contributed by atoms with Crippen LogP contribution in [0.4, 0.5) is 5.69 Å². The Bertz CT molecular complexity index is 1270. The van der Waals surface area contributed by atoms with Gasteiger partial charge in [-0.25, -0.2) is 0 Å². The molecule has 0 fully saturated rings. The van der Waals surface area contributed by atoms with Crippen LogP contribution in [0.1, 0.15) is 27.0 Å². The van der Waals surface area contributed by atoms with Crippen LogP contribution >= 0.6 is 0 Å². The van der Waals surface area contributed by atoms with Crippen molar-refractivity contribution in [3.8, 4) is 0 Å². The summed E-state index contributed by atoms with van der Waals surface area (Å²) >= 11 is 0. The van der Waals surface area contributed by atoms with E-state index in [4.69, 9.17) is 4.42 Å². The van der Waals surface area contributed by atoms with E-state index in [1.165, 1.54) is 0 Å². The average molecular weight is 357 g/mol. The first-order valence-electron chi connectivity index (χ1n) is 8.79. The molecule has 0 aliphatic carbocycles. The van der Waals surface area contributed by atoms with Crippen molar-refractivity contribution in [1.82, 2.24) is 0 Å². The van der Waals surface area contributed by atoms with Gasteiger partial charge in [-0.1, -0.05) is 18.2 Å². The second kappa shape index (κ2) is 6.40. The molecule has 0 radical (unpaired) electrons. The van der Waals surface area contributed by atoms with Crippen molar-refractivity contribution in [2.24, 2.45) is 0 Å². The predicted molar refractivity (Wildman–Crippen MR) is 109 cm³/mol. The number of fused-ring (bicyclic) bond motifs is 2. The Morgan fingerprint density at radius 1 is 0.815 bits per heavy atom.